The molecule has 0 saturated carbocycles. The van der Waals surface area contributed by atoms with Crippen molar-refractivity contribution in [3.8, 4) is 33.9 Å². The maximum absolute atomic E-state index is 6.31. The lowest BCUT2D eigenvalue weighted by Gasteiger charge is -2.10. The third-order valence-electron chi connectivity index (χ3n) is 6.26. The third-order valence-corrected chi connectivity index (χ3v) is 6.43. The Morgan fingerprint density at radius 1 is 0.528 bits per heavy atom. The molecule has 7 rings (SSSR count). The molecule has 0 bridgehead atoms. The molecule has 0 N–H and O–H groups in total. The highest BCUT2D eigenvalue weighted by Gasteiger charge is 2.17. The van der Waals surface area contributed by atoms with Gasteiger partial charge in [0.25, 0.3) is 0 Å². The van der Waals surface area contributed by atoms with Gasteiger partial charge in [-0.25, -0.2) is 19.9 Å². The number of halogens is 1. The molecular formula is C30H17ClN4O. The molecule has 0 fully saturated rings. The maximum atomic E-state index is 6.31. The normalized spacial score (nSPS) is 11.5. The quantitative estimate of drug-likeness (QED) is 0.238. The molecule has 0 unspecified atom stereocenters. The number of hydrogen-bond donors (Lipinski definition) is 0. The van der Waals surface area contributed by atoms with Gasteiger partial charge in [0.15, 0.2) is 11.4 Å². The van der Waals surface area contributed by atoms with Crippen LogP contribution >= 0.6 is 11.6 Å². The van der Waals surface area contributed by atoms with Gasteiger partial charge in [0.05, 0.1) is 11.2 Å². The smallest absolute Gasteiger partial charge is 0.223 e. The van der Waals surface area contributed by atoms with Crippen molar-refractivity contribution in [3.63, 3.8) is 0 Å². The second-order valence-electron chi connectivity index (χ2n) is 8.47. The van der Waals surface area contributed by atoms with Gasteiger partial charge in [-0.3, -0.25) is 0 Å². The van der Waals surface area contributed by atoms with Gasteiger partial charge in [-0.05, 0) is 29.8 Å². The second-order valence-corrected chi connectivity index (χ2v) is 8.81. The number of aromatic nitrogens is 4. The van der Waals surface area contributed by atoms with Crippen molar-refractivity contribution in [1.82, 2.24) is 19.9 Å². The van der Waals surface area contributed by atoms with Crippen molar-refractivity contribution in [2.24, 2.45) is 0 Å². The molecule has 0 spiro atoms. The Morgan fingerprint density at radius 2 is 1.19 bits per heavy atom. The fourth-order valence-electron chi connectivity index (χ4n) is 4.56. The van der Waals surface area contributed by atoms with Crippen molar-refractivity contribution in [1.29, 1.82) is 0 Å². The Hall–Kier alpha value is -4.61. The van der Waals surface area contributed by atoms with Crippen molar-refractivity contribution in [3.05, 3.63) is 108 Å². The zero-order valence-corrected chi connectivity index (χ0v) is 19.6. The van der Waals surface area contributed by atoms with Gasteiger partial charge in [0.1, 0.15) is 16.8 Å². The summed E-state index contributed by atoms with van der Waals surface area (Å²) in [5.41, 5.74) is 7.35. The molecule has 0 aliphatic rings. The highest BCUT2D eigenvalue weighted by atomic mass is 35.5. The van der Waals surface area contributed by atoms with E-state index in [0.29, 0.717) is 22.6 Å². The zero-order chi connectivity index (χ0) is 24.1. The SMILES string of the molecule is Clc1nc(-c2ccc(-c3nc(-c4ccccc4)c4ccccc4n3)cc2)c2oc3ccccc3c2n1. The maximum Gasteiger partial charge on any atom is 0.223 e. The molecule has 0 aliphatic heterocycles. The second kappa shape index (κ2) is 8.26. The largest absolute Gasteiger partial charge is 0.452 e. The first-order chi connectivity index (χ1) is 17.7. The molecule has 7 aromatic rings. The minimum absolute atomic E-state index is 0.179. The topological polar surface area (TPSA) is 64.7 Å². The summed E-state index contributed by atoms with van der Waals surface area (Å²) in [6.07, 6.45) is 0. The first-order valence-electron chi connectivity index (χ1n) is 11.5. The van der Waals surface area contributed by atoms with E-state index in [0.717, 1.165) is 44.3 Å². The number of rotatable bonds is 3. The van der Waals surface area contributed by atoms with Gasteiger partial charge in [-0.1, -0.05) is 84.9 Å². The van der Waals surface area contributed by atoms with E-state index in [9.17, 15) is 0 Å². The molecule has 0 aliphatic carbocycles. The van der Waals surface area contributed by atoms with Gasteiger partial charge in [-0.15, -0.1) is 0 Å². The van der Waals surface area contributed by atoms with E-state index in [4.69, 9.17) is 26.0 Å². The predicted octanol–water partition coefficient (Wildman–Crippen LogP) is 7.97. The number of nitrogens with zero attached hydrogens (tertiary/aromatic N) is 4. The Balaban J connectivity index is 1.36. The van der Waals surface area contributed by atoms with Crippen molar-refractivity contribution in [2.45, 2.75) is 0 Å². The first-order valence-corrected chi connectivity index (χ1v) is 11.9. The first kappa shape index (κ1) is 20.7. The van der Waals surface area contributed by atoms with E-state index >= 15 is 0 Å². The van der Waals surface area contributed by atoms with Gasteiger partial charge in [0.2, 0.25) is 5.28 Å². The Labute approximate surface area is 211 Å². The van der Waals surface area contributed by atoms with Crippen LogP contribution in [0.15, 0.2) is 108 Å². The van der Waals surface area contributed by atoms with Crippen LogP contribution in [0, 0.1) is 0 Å². The molecule has 0 saturated heterocycles. The minimum Gasteiger partial charge on any atom is -0.452 e. The Bertz CT molecular complexity index is 1900. The molecule has 0 atom stereocenters. The van der Waals surface area contributed by atoms with Crippen LogP contribution in [0.3, 0.4) is 0 Å². The Morgan fingerprint density at radius 3 is 2.03 bits per heavy atom. The summed E-state index contributed by atoms with van der Waals surface area (Å²) in [6, 6.07) is 34.0. The number of para-hydroxylation sites is 2. The molecule has 3 aromatic heterocycles. The lowest BCUT2D eigenvalue weighted by Crippen LogP contribution is -1.95. The molecule has 6 heteroatoms. The highest BCUT2D eigenvalue weighted by Crippen LogP contribution is 2.35. The van der Waals surface area contributed by atoms with Crippen molar-refractivity contribution >= 4 is 44.6 Å². The third kappa shape index (κ3) is 3.41. The summed E-state index contributed by atoms with van der Waals surface area (Å²) in [5, 5.41) is 2.11. The van der Waals surface area contributed by atoms with Crippen LogP contribution in [0.4, 0.5) is 0 Å². The molecule has 4 aromatic carbocycles. The average molecular weight is 485 g/mol. The summed E-state index contributed by atoms with van der Waals surface area (Å²) in [7, 11) is 0. The van der Waals surface area contributed by atoms with Crippen LogP contribution in [0.2, 0.25) is 5.28 Å². The summed E-state index contributed by atoms with van der Waals surface area (Å²) < 4.78 is 6.11. The summed E-state index contributed by atoms with van der Waals surface area (Å²) in [6.45, 7) is 0. The van der Waals surface area contributed by atoms with Gasteiger partial charge in [0, 0.05) is 27.5 Å². The standard InChI is InChI=1S/C30H17ClN4O/c31-30-34-26(28-27(35-30)22-11-5-7-13-24(22)36-28)19-14-16-20(17-15-19)29-32-23-12-6-4-10-21(23)25(33-29)18-8-2-1-3-9-18/h1-17H. The number of furan rings is 1. The van der Waals surface area contributed by atoms with E-state index in [2.05, 4.69) is 28.2 Å². The van der Waals surface area contributed by atoms with Gasteiger partial charge >= 0.3 is 0 Å². The monoisotopic (exact) mass is 484 g/mol. The van der Waals surface area contributed by atoms with Crippen molar-refractivity contribution < 1.29 is 4.42 Å². The number of hydrogen-bond acceptors (Lipinski definition) is 5. The lowest BCUT2D eigenvalue weighted by atomic mass is 10.0. The van der Waals surface area contributed by atoms with Crippen LogP contribution in [0.1, 0.15) is 0 Å². The number of fused-ring (bicyclic) bond motifs is 4. The summed E-state index contributed by atoms with van der Waals surface area (Å²) in [4.78, 5) is 18.7. The molecular weight excluding hydrogens is 468 g/mol. The predicted molar refractivity (Wildman–Crippen MR) is 144 cm³/mol. The minimum atomic E-state index is 0.179. The highest BCUT2D eigenvalue weighted by molar-refractivity contribution is 6.29. The average Bonchev–Trinajstić information content (AvgIpc) is 3.31. The molecule has 170 valence electrons. The van der Waals surface area contributed by atoms with E-state index < -0.39 is 0 Å². The Kier molecular flexibility index (Phi) is 4.76. The fourth-order valence-corrected chi connectivity index (χ4v) is 4.73. The van der Waals surface area contributed by atoms with Crippen LogP contribution in [-0.2, 0) is 0 Å². The fraction of sp³-hybridized carbons (Fsp3) is 0. The summed E-state index contributed by atoms with van der Waals surface area (Å²) in [5.74, 6) is 0.661. The number of benzene rings is 4. The lowest BCUT2D eigenvalue weighted by molar-refractivity contribution is 0.667. The van der Waals surface area contributed by atoms with E-state index in [1.165, 1.54) is 0 Å². The van der Waals surface area contributed by atoms with Crippen LogP contribution < -0.4 is 0 Å². The molecule has 36 heavy (non-hydrogen) atoms. The van der Waals surface area contributed by atoms with Gasteiger partial charge < -0.3 is 4.42 Å². The van der Waals surface area contributed by atoms with Crippen molar-refractivity contribution in [2.75, 3.05) is 0 Å². The molecule has 0 amide bonds. The van der Waals surface area contributed by atoms with Crippen LogP contribution in [0.5, 0.6) is 0 Å². The van der Waals surface area contributed by atoms with E-state index in [1.807, 2.05) is 84.9 Å². The summed E-state index contributed by atoms with van der Waals surface area (Å²) >= 11 is 6.31. The zero-order valence-electron chi connectivity index (χ0n) is 18.9. The van der Waals surface area contributed by atoms with Crippen LogP contribution in [-0.4, -0.2) is 19.9 Å². The van der Waals surface area contributed by atoms with E-state index in [-0.39, 0.29) is 5.28 Å². The molecule has 0 radical (unpaired) electrons. The molecule has 3 heterocycles. The van der Waals surface area contributed by atoms with Crippen LogP contribution in [0.25, 0.3) is 66.9 Å². The van der Waals surface area contributed by atoms with E-state index in [1.54, 1.807) is 0 Å². The molecule has 5 nitrogen and oxygen atoms in total. The van der Waals surface area contributed by atoms with Gasteiger partial charge in [-0.2, -0.15) is 0 Å².